The number of non-ortho nitro benzene ring substituents is 1. The van der Waals surface area contributed by atoms with E-state index in [1.54, 1.807) is 24.3 Å². The molecule has 0 unspecified atom stereocenters. The van der Waals surface area contributed by atoms with Crippen LogP contribution in [-0.2, 0) is 11.2 Å². The van der Waals surface area contributed by atoms with Gasteiger partial charge in [-0.2, -0.15) is 5.26 Å². The molecule has 2 aromatic carbocycles. The Morgan fingerprint density at radius 1 is 1.14 bits per heavy atom. The summed E-state index contributed by atoms with van der Waals surface area (Å²) in [6.45, 7) is 0.402. The average Bonchev–Trinajstić information content (AvgIpc) is 3.21. The van der Waals surface area contributed by atoms with Crippen LogP contribution in [0.4, 0.5) is 5.69 Å². The highest BCUT2D eigenvalue weighted by Crippen LogP contribution is 2.26. The molecular formula is C22H17N3O4. The number of nitrogens with zero attached hydrogens (tertiary/aromatic N) is 2. The third-order valence-corrected chi connectivity index (χ3v) is 4.16. The summed E-state index contributed by atoms with van der Waals surface area (Å²) in [4.78, 5) is 22.7. The second kappa shape index (κ2) is 9.15. The SMILES string of the molecule is N#C/C(=C\c1ccc(-c2cccc([N+](=O)[O-])c2)o1)C(=O)NCCc1ccccc1. The summed E-state index contributed by atoms with van der Waals surface area (Å²) in [6, 6.07) is 20.8. The maximum Gasteiger partial charge on any atom is 0.270 e. The van der Waals surface area contributed by atoms with Gasteiger partial charge in [0.2, 0.25) is 0 Å². The molecule has 144 valence electrons. The van der Waals surface area contributed by atoms with Gasteiger partial charge in [0.05, 0.1) is 4.92 Å². The van der Waals surface area contributed by atoms with Crippen molar-refractivity contribution in [2.75, 3.05) is 6.54 Å². The topological polar surface area (TPSA) is 109 Å². The molecule has 7 heteroatoms. The van der Waals surface area contributed by atoms with Crippen molar-refractivity contribution < 1.29 is 14.1 Å². The van der Waals surface area contributed by atoms with E-state index in [9.17, 15) is 20.2 Å². The van der Waals surface area contributed by atoms with Gasteiger partial charge in [0.25, 0.3) is 11.6 Å². The molecule has 0 atom stereocenters. The molecule has 1 heterocycles. The minimum atomic E-state index is -0.489. The number of rotatable bonds is 7. The highest BCUT2D eigenvalue weighted by Gasteiger charge is 2.12. The smallest absolute Gasteiger partial charge is 0.270 e. The molecule has 0 spiro atoms. The van der Waals surface area contributed by atoms with E-state index in [1.165, 1.54) is 18.2 Å². The van der Waals surface area contributed by atoms with Crippen LogP contribution in [0.2, 0.25) is 0 Å². The quantitative estimate of drug-likeness (QED) is 0.284. The van der Waals surface area contributed by atoms with Gasteiger partial charge >= 0.3 is 0 Å². The maximum atomic E-state index is 12.2. The van der Waals surface area contributed by atoms with Gasteiger partial charge in [-0.25, -0.2) is 0 Å². The van der Waals surface area contributed by atoms with E-state index in [4.69, 9.17) is 4.42 Å². The van der Waals surface area contributed by atoms with Gasteiger partial charge < -0.3 is 9.73 Å². The molecule has 3 aromatic rings. The summed E-state index contributed by atoms with van der Waals surface area (Å²) in [5.74, 6) is 0.222. The zero-order chi connectivity index (χ0) is 20.6. The molecule has 29 heavy (non-hydrogen) atoms. The van der Waals surface area contributed by atoms with E-state index in [1.807, 2.05) is 36.4 Å². The van der Waals surface area contributed by atoms with Crippen LogP contribution in [0.25, 0.3) is 17.4 Å². The van der Waals surface area contributed by atoms with Gasteiger partial charge in [-0.3, -0.25) is 14.9 Å². The van der Waals surface area contributed by atoms with Crippen molar-refractivity contribution in [3.63, 3.8) is 0 Å². The third-order valence-electron chi connectivity index (χ3n) is 4.16. The zero-order valence-corrected chi connectivity index (χ0v) is 15.4. The molecule has 0 saturated carbocycles. The molecule has 0 radical (unpaired) electrons. The number of carbonyl (C=O) groups excluding carboxylic acids is 1. The number of nitro groups is 1. The lowest BCUT2D eigenvalue weighted by atomic mass is 10.1. The summed E-state index contributed by atoms with van der Waals surface area (Å²) in [5.41, 5.74) is 1.48. The van der Waals surface area contributed by atoms with Crippen molar-refractivity contribution in [3.8, 4) is 17.4 Å². The molecule has 1 aromatic heterocycles. The van der Waals surface area contributed by atoms with Crippen molar-refractivity contribution in [1.82, 2.24) is 5.32 Å². The Kier molecular flexibility index (Phi) is 6.18. The number of nitro benzene ring substituents is 1. The largest absolute Gasteiger partial charge is 0.457 e. The fourth-order valence-electron chi connectivity index (χ4n) is 2.71. The van der Waals surface area contributed by atoms with Crippen molar-refractivity contribution in [1.29, 1.82) is 5.26 Å². The fourth-order valence-corrected chi connectivity index (χ4v) is 2.71. The predicted octanol–water partition coefficient (Wildman–Crippen LogP) is 4.12. The van der Waals surface area contributed by atoms with Crippen LogP contribution in [0.15, 0.2) is 76.7 Å². The zero-order valence-electron chi connectivity index (χ0n) is 15.4. The van der Waals surface area contributed by atoms with Crippen LogP contribution < -0.4 is 5.32 Å². The predicted molar refractivity (Wildman–Crippen MR) is 108 cm³/mol. The number of hydrogen-bond acceptors (Lipinski definition) is 5. The van der Waals surface area contributed by atoms with E-state index in [2.05, 4.69) is 5.32 Å². The lowest BCUT2D eigenvalue weighted by Gasteiger charge is -2.04. The summed E-state index contributed by atoms with van der Waals surface area (Å²) < 4.78 is 5.63. The van der Waals surface area contributed by atoms with Crippen LogP contribution in [0, 0.1) is 21.4 Å². The standard InChI is InChI=1S/C22H17N3O4/c23-15-18(22(26)24-12-11-16-5-2-1-3-6-16)14-20-9-10-21(29-20)17-7-4-8-19(13-17)25(27)28/h1-10,13-14H,11-12H2,(H,24,26)/b18-14+. The molecule has 0 aliphatic carbocycles. The van der Waals surface area contributed by atoms with Gasteiger partial charge in [-0.1, -0.05) is 42.5 Å². The van der Waals surface area contributed by atoms with Crippen LogP contribution in [-0.4, -0.2) is 17.4 Å². The Morgan fingerprint density at radius 2 is 1.93 bits per heavy atom. The van der Waals surface area contributed by atoms with Crippen LogP contribution >= 0.6 is 0 Å². The fraction of sp³-hybridized carbons (Fsp3) is 0.0909. The molecule has 3 rings (SSSR count). The Balaban J connectivity index is 1.68. The number of carbonyl (C=O) groups is 1. The van der Waals surface area contributed by atoms with Gasteiger partial charge in [0.1, 0.15) is 23.2 Å². The van der Waals surface area contributed by atoms with Crippen LogP contribution in [0.3, 0.4) is 0 Å². The second-order valence-corrected chi connectivity index (χ2v) is 6.17. The summed E-state index contributed by atoms with van der Waals surface area (Å²) in [5, 5.41) is 22.9. The second-order valence-electron chi connectivity index (χ2n) is 6.17. The number of benzene rings is 2. The van der Waals surface area contributed by atoms with E-state index >= 15 is 0 Å². The van der Waals surface area contributed by atoms with Crippen molar-refractivity contribution >= 4 is 17.7 Å². The van der Waals surface area contributed by atoms with E-state index < -0.39 is 10.8 Å². The van der Waals surface area contributed by atoms with Gasteiger partial charge in [-0.15, -0.1) is 0 Å². The number of nitriles is 1. The Bertz CT molecular complexity index is 1090. The average molecular weight is 387 g/mol. The number of furan rings is 1. The van der Waals surface area contributed by atoms with E-state index in [-0.39, 0.29) is 11.3 Å². The molecule has 0 bridgehead atoms. The summed E-state index contributed by atoms with van der Waals surface area (Å²) in [6.07, 6.45) is 2.00. The maximum absolute atomic E-state index is 12.2. The number of amides is 1. The number of hydrogen-bond donors (Lipinski definition) is 1. The minimum Gasteiger partial charge on any atom is -0.457 e. The first kappa shape index (κ1) is 19.6. The van der Waals surface area contributed by atoms with E-state index in [0.717, 1.165) is 5.56 Å². The minimum absolute atomic E-state index is 0.0495. The first-order valence-corrected chi connectivity index (χ1v) is 8.85. The molecule has 1 amide bonds. The first-order valence-electron chi connectivity index (χ1n) is 8.85. The van der Waals surface area contributed by atoms with Gasteiger partial charge in [0.15, 0.2) is 0 Å². The lowest BCUT2D eigenvalue weighted by Crippen LogP contribution is -2.26. The summed E-state index contributed by atoms with van der Waals surface area (Å²) >= 11 is 0. The highest BCUT2D eigenvalue weighted by molar-refractivity contribution is 6.01. The molecular weight excluding hydrogens is 370 g/mol. The summed E-state index contributed by atoms with van der Waals surface area (Å²) in [7, 11) is 0. The molecule has 0 saturated heterocycles. The Hall–Kier alpha value is -4.18. The first-order chi connectivity index (χ1) is 14.1. The molecule has 0 fully saturated rings. The normalized spacial score (nSPS) is 10.9. The molecule has 1 N–H and O–H groups in total. The lowest BCUT2D eigenvalue weighted by molar-refractivity contribution is -0.384. The molecule has 0 aliphatic rings. The monoisotopic (exact) mass is 387 g/mol. The highest BCUT2D eigenvalue weighted by atomic mass is 16.6. The van der Waals surface area contributed by atoms with E-state index in [0.29, 0.717) is 30.0 Å². The van der Waals surface area contributed by atoms with Gasteiger partial charge in [0, 0.05) is 30.3 Å². The third kappa shape index (κ3) is 5.17. The molecule has 0 aliphatic heterocycles. The van der Waals surface area contributed by atoms with Crippen molar-refractivity contribution in [3.05, 3.63) is 93.7 Å². The van der Waals surface area contributed by atoms with Crippen LogP contribution in [0.1, 0.15) is 11.3 Å². The molecule has 7 nitrogen and oxygen atoms in total. The number of nitrogens with one attached hydrogen (secondary N) is 1. The Morgan fingerprint density at radius 3 is 2.66 bits per heavy atom. The van der Waals surface area contributed by atoms with Gasteiger partial charge in [-0.05, 0) is 24.1 Å². The van der Waals surface area contributed by atoms with Crippen molar-refractivity contribution in [2.24, 2.45) is 0 Å². The Labute approximate surface area is 167 Å². The van der Waals surface area contributed by atoms with Crippen LogP contribution in [0.5, 0.6) is 0 Å². The van der Waals surface area contributed by atoms with Crippen molar-refractivity contribution in [2.45, 2.75) is 6.42 Å².